The second-order valence-electron chi connectivity index (χ2n) is 4.51. The highest BCUT2D eigenvalue weighted by atomic mass is 35.5. The average Bonchev–Trinajstić information content (AvgIpc) is 2.51. The van der Waals surface area contributed by atoms with Crippen molar-refractivity contribution in [2.24, 2.45) is 5.73 Å². The molecule has 8 heteroatoms. The van der Waals surface area contributed by atoms with Crippen molar-refractivity contribution in [3.63, 3.8) is 0 Å². The van der Waals surface area contributed by atoms with Gasteiger partial charge in [0.15, 0.2) is 5.75 Å². The molecule has 0 aliphatic heterocycles. The quantitative estimate of drug-likeness (QED) is 0.621. The normalized spacial score (nSPS) is 11.5. The summed E-state index contributed by atoms with van der Waals surface area (Å²) in [4.78, 5) is 12.0. The summed E-state index contributed by atoms with van der Waals surface area (Å²) in [6.45, 7) is 3.60. The van der Waals surface area contributed by atoms with Gasteiger partial charge in [-0.1, -0.05) is 17.7 Å². The van der Waals surface area contributed by atoms with Crippen LogP contribution in [0.1, 0.15) is 13.3 Å². The molecule has 132 valence electrons. The molecule has 0 aromatic heterocycles. The highest BCUT2D eigenvalue weighted by molar-refractivity contribution is 6.32. The number of halogens is 2. The van der Waals surface area contributed by atoms with Crippen LogP contribution >= 0.6 is 24.0 Å². The van der Waals surface area contributed by atoms with E-state index in [1.807, 2.05) is 6.92 Å². The number of hydrogen-bond acceptors (Lipinski definition) is 5. The number of rotatable bonds is 10. The lowest BCUT2D eigenvalue weighted by atomic mass is 10.2. The number of benzene rings is 1. The molecular formula is C15H24Cl2N2O4. The number of ether oxygens (including phenoxy) is 3. The van der Waals surface area contributed by atoms with Crippen molar-refractivity contribution in [2.75, 3.05) is 38.8 Å². The molecule has 0 bridgehead atoms. The first-order chi connectivity index (χ1) is 10.6. The topological polar surface area (TPSA) is 82.8 Å². The highest BCUT2D eigenvalue weighted by Gasteiger charge is 2.15. The molecule has 1 aromatic rings. The number of para-hydroxylation sites is 1. The van der Waals surface area contributed by atoms with Gasteiger partial charge in [-0.25, -0.2) is 0 Å². The number of amides is 1. The molecule has 3 N–H and O–H groups in total. The molecule has 0 aliphatic carbocycles. The van der Waals surface area contributed by atoms with Gasteiger partial charge >= 0.3 is 0 Å². The Bertz CT molecular complexity index is 471. The van der Waals surface area contributed by atoms with Gasteiger partial charge in [-0.15, -0.1) is 12.4 Å². The molecule has 0 aliphatic rings. The number of carbonyl (C=O) groups excluding carboxylic acids is 1. The zero-order valence-electron chi connectivity index (χ0n) is 13.3. The van der Waals surface area contributed by atoms with E-state index in [0.717, 1.165) is 0 Å². The summed E-state index contributed by atoms with van der Waals surface area (Å²) in [7, 11) is 1.52. The first-order valence-electron chi connectivity index (χ1n) is 7.14. The predicted octanol–water partition coefficient (Wildman–Crippen LogP) is 2.48. The second kappa shape index (κ2) is 12.4. The van der Waals surface area contributed by atoms with Gasteiger partial charge in [0.25, 0.3) is 0 Å². The van der Waals surface area contributed by atoms with Crippen molar-refractivity contribution in [1.29, 1.82) is 0 Å². The van der Waals surface area contributed by atoms with Gasteiger partial charge in [0.05, 0.1) is 29.8 Å². The third-order valence-corrected chi connectivity index (χ3v) is 3.23. The Kier molecular flexibility index (Phi) is 11.8. The molecule has 1 rings (SSSR count). The molecule has 1 amide bonds. The van der Waals surface area contributed by atoms with Crippen molar-refractivity contribution in [3.05, 3.63) is 23.2 Å². The summed E-state index contributed by atoms with van der Waals surface area (Å²) in [5, 5.41) is 3.19. The van der Waals surface area contributed by atoms with E-state index in [2.05, 4.69) is 5.32 Å². The van der Waals surface area contributed by atoms with Gasteiger partial charge in [-0.2, -0.15) is 0 Å². The van der Waals surface area contributed by atoms with E-state index < -0.39 is 0 Å². The Morgan fingerprint density at radius 2 is 2.13 bits per heavy atom. The van der Waals surface area contributed by atoms with Crippen LogP contribution in [0.2, 0.25) is 5.02 Å². The minimum absolute atomic E-state index is 0. The lowest BCUT2D eigenvalue weighted by Gasteiger charge is -2.16. The average molecular weight is 367 g/mol. The summed E-state index contributed by atoms with van der Waals surface area (Å²) >= 11 is 6.12. The summed E-state index contributed by atoms with van der Waals surface area (Å²) < 4.78 is 15.9. The van der Waals surface area contributed by atoms with Crippen LogP contribution in [0.15, 0.2) is 18.2 Å². The minimum Gasteiger partial charge on any atom is -0.487 e. The van der Waals surface area contributed by atoms with Crippen molar-refractivity contribution in [1.82, 2.24) is 0 Å². The van der Waals surface area contributed by atoms with Crippen LogP contribution in [0.3, 0.4) is 0 Å². The highest BCUT2D eigenvalue weighted by Crippen LogP contribution is 2.33. The van der Waals surface area contributed by atoms with Gasteiger partial charge in [0.2, 0.25) is 5.91 Å². The van der Waals surface area contributed by atoms with E-state index in [4.69, 9.17) is 31.5 Å². The van der Waals surface area contributed by atoms with Crippen LogP contribution in [0.5, 0.6) is 5.75 Å². The Labute approximate surface area is 148 Å². The summed E-state index contributed by atoms with van der Waals surface area (Å²) in [6.07, 6.45) is -0.153. The SMILES string of the molecule is CCOCCOc1c(Cl)cccc1NC(=O)CC(CN)OC.Cl. The number of hydrogen-bond donors (Lipinski definition) is 2. The Balaban J connectivity index is 0.00000484. The molecule has 23 heavy (non-hydrogen) atoms. The third-order valence-electron chi connectivity index (χ3n) is 2.93. The van der Waals surface area contributed by atoms with Gasteiger partial charge in [0.1, 0.15) is 6.61 Å². The number of nitrogens with one attached hydrogen (secondary N) is 1. The molecule has 1 aromatic carbocycles. The van der Waals surface area contributed by atoms with Gasteiger partial charge in [-0.05, 0) is 19.1 Å². The fourth-order valence-corrected chi connectivity index (χ4v) is 2.00. The zero-order valence-corrected chi connectivity index (χ0v) is 14.9. The fourth-order valence-electron chi connectivity index (χ4n) is 1.77. The molecule has 0 heterocycles. The van der Waals surface area contributed by atoms with Gasteiger partial charge in [0, 0.05) is 20.3 Å². The summed E-state index contributed by atoms with van der Waals surface area (Å²) in [6, 6.07) is 5.17. The van der Waals surface area contributed by atoms with Crippen LogP contribution in [-0.4, -0.2) is 45.5 Å². The summed E-state index contributed by atoms with van der Waals surface area (Å²) in [5.74, 6) is 0.216. The first kappa shape index (κ1) is 21.9. The number of nitrogens with two attached hydrogens (primary N) is 1. The predicted molar refractivity (Wildman–Crippen MR) is 93.8 cm³/mol. The Hall–Kier alpha value is -1.05. The van der Waals surface area contributed by atoms with E-state index in [9.17, 15) is 4.79 Å². The Morgan fingerprint density at radius 1 is 1.39 bits per heavy atom. The maximum absolute atomic E-state index is 12.0. The lowest BCUT2D eigenvalue weighted by Crippen LogP contribution is -2.28. The van der Waals surface area contributed by atoms with Crippen LogP contribution in [0.4, 0.5) is 5.69 Å². The van der Waals surface area contributed by atoms with Gasteiger partial charge < -0.3 is 25.3 Å². The van der Waals surface area contributed by atoms with Crippen LogP contribution in [0.25, 0.3) is 0 Å². The molecular weight excluding hydrogens is 343 g/mol. The third kappa shape index (κ3) is 7.85. The first-order valence-corrected chi connectivity index (χ1v) is 7.51. The molecule has 6 nitrogen and oxygen atoms in total. The largest absolute Gasteiger partial charge is 0.487 e. The molecule has 1 atom stereocenters. The van der Waals surface area contributed by atoms with E-state index in [1.54, 1.807) is 18.2 Å². The molecule has 0 fully saturated rings. The molecule has 0 spiro atoms. The van der Waals surface area contributed by atoms with Crippen LogP contribution in [0, 0.1) is 0 Å². The van der Waals surface area contributed by atoms with E-state index in [-0.39, 0.29) is 37.4 Å². The molecule has 0 saturated heterocycles. The zero-order chi connectivity index (χ0) is 16.4. The number of methoxy groups -OCH3 is 1. The number of carbonyl (C=O) groups is 1. The molecule has 1 unspecified atom stereocenters. The van der Waals surface area contributed by atoms with E-state index in [1.165, 1.54) is 7.11 Å². The van der Waals surface area contributed by atoms with Crippen LogP contribution < -0.4 is 15.8 Å². The van der Waals surface area contributed by atoms with E-state index >= 15 is 0 Å². The Morgan fingerprint density at radius 3 is 2.74 bits per heavy atom. The maximum Gasteiger partial charge on any atom is 0.227 e. The standard InChI is InChI=1S/C15H23ClN2O4.ClH/c1-3-21-7-8-22-15-12(16)5-4-6-13(15)18-14(19)9-11(10-17)20-2;/h4-6,11H,3,7-10,17H2,1-2H3,(H,18,19);1H. The van der Waals surface area contributed by atoms with Crippen molar-refractivity contribution in [3.8, 4) is 5.75 Å². The smallest absolute Gasteiger partial charge is 0.227 e. The molecule has 0 saturated carbocycles. The lowest BCUT2D eigenvalue weighted by molar-refractivity contribution is -0.118. The molecule has 0 radical (unpaired) electrons. The number of anilines is 1. The van der Waals surface area contributed by atoms with Crippen molar-refractivity contribution < 1.29 is 19.0 Å². The van der Waals surface area contributed by atoms with Crippen LogP contribution in [-0.2, 0) is 14.3 Å². The van der Waals surface area contributed by atoms with E-state index in [0.29, 0.717) is 36.3 Å². The minimum atomic E-state index is -0.318. The second-order valence-corrected chi connectivity index (χ2v) is 4.91. The maximum atomic E-state index is 12.0. The summed E-state index contributed by atoms with van der Waals surface area (Å²) in [5.41, 5.74) is 6.02. The monoisotopic (exact) mass is 366 g/mol. The van der Waals surface area contributed by atoms with Crippen molar-refractivity contribution in [2.45, 2.75) is 19.4 Å². The van der Waals surface area contributed by atoms with Gasteiger partial charge in [-0.3, -0.25) is 4.79 Å². The van der Waals surface area contributed by atoms with Crippen molar-refractivity contribution >= 4 is 35.6 Å². The fraction of sp³-hybridized carbons (Fsp3) is 0.533.